The largest absolute Gasteiger partial charge is 0.444 e. The second kappa shape index (κ2) is 9.86. The number of hydrogen-bond acceptors (Lipinski definition) is 9. The van der Waals surface area contributed by atoms with Crippen LogP contribution in [0, 0.1) is 0 Å². The maximum atomic E-state index is 12.8. The number of esters is 2. The van der Waals surface area contributed by atoms with Crippen molar-refractivity contribution in [3.8, 4) is 0 Å². The van der Waals surface area contributed by atoms with Crippen molar-refractivity contribution < 1.29 is 37.0 Å². The van der Waals surface area contributed by atoms with E-state index in [1.807, 2.05) is 0 Å². The molecule has 3 rings (SSSR count). The molecule has 1 amide bonds. The Kier molecular flexibility index (Phi) is 7.46. The summed E-state index contributed by atoms with van der Waals surface area (Å²) in [7, 11) is -3.79. The summed E-state index contributed by atoms with van der Waals surface area (Å²) in [5.74, 6) is -2.97. The molecule has 0 unspecified atom stereocenters. The first-order valence-corrected chi connectivity index (χ1v) is 12.7. The Labute approximate surface area is 204 Å². The lowest BCUT2D eigenvalue weighted by molar-refractivity contribution is -0.222. The van der Waals surface area contributed by atoms with Crippen molar-refractivity contribution in [1.82, 2.24) is 9.62 Å². The number of rotatable bonds is 5. The third kappa shape index (κ3) is 7.18. The second-order valence-electron chi connectivity index (χ2n) is 9.77. The molecule has 2 aliphatic rings. The van der Waals surface area contributed by atoms with E-state index in [9.17, 15) is 22.8 Å². The number of nitrogens with zero attached hydrogens (tertiary/aromatic N) is 1. The Morgan fingerprint density at radius 3 is 2.14 bits per heavy atom. The van der Waals surface area contributed by atoms with Crippen LogP contribution in [-0.4, -0.2) is 61.9 Å². The molecule has 1 aromatic carbocycles. The van der Waals surface area contributed by atoms with Gasteiger partial charge in [0, 0.05) is 44.9 Å². The zero-order valence-corrected chi connectivity index (χ0v) is 21.2. The minimum atomic E-state index is -3.79. The van der Waals surface area contributed by atoms with Crippen LogP contribution in [0.5, 0.6) is 0 Å². The standard InChI is InChI=1S/C23H31N3O8S/c1-22(2,3)34-21(29)26-12-10-16(11-13-26)25-35(30,31)17-8-6-15(7-9-17)24-14-18-19(27)32-23(4,5)33-20(18)28/h6-9,14,16,24-25H,10-13H2,1-5H3. The van der Waals surface area contributed by atoms with Crippen LogP contribution in [0.3, 0.4) is 0 Å². The maximum absolute atomic E-state index is 12.8. The van der Waals surface area contributed by atoms with E-state index in [4.69, 9.17) is 14.2 Å². The van der Waals surface area contributed by atoms with Gasteiger partial charge in [0.25, 0.3) is 5.79 Å². The number of hydrogen-bond donors (Lipinski definition) is 2. The van der Waals surface area contributed by atoms with E-state index >= 15 is 0 Å². The Balaban J connectivity index is 1.56. The van der Waals surface area contributed by atoms with Gasteiger partial charge in [0.15, 0.2) is 5.57 Å². The Morgan fingerprint density at radius 1 is 1.09 bits per heavy atom. The fourth-order valence-electron chi connectivity index (χ4n) is 3.46. The number of ether oxygens (including phenoxy) is 3. The predicted octanol–water partition coefficient (Wildman–Crippen LogP) is 2.50. The number of sulfonamides is 1. The molecule has 2 aliphatic heterocycles. The molecule has 11 nitrogen and oxygen atoms in total. The summed E-state index contributed by atoms with van der Waals surface area (Å²) in [6.07, 6.45) is 1.68. The van der Waals surface area contributed by atoms with Gasteiger partial charge in [0.2, 0.25) is 10.0 Å². The summed E-state index contributed by atoms with van der Waals surface area (Å²) < 4.78 is 43.7. The Hall–Kier alpha value is -3.12. The highest BCUT2D eigenvalue weighted by atomic mass is 32.2. The molecule has 0 spiro atoms. The quantitative estimate of drug-likeness (QED) is 0.348. The molecule has 1 aromatic rings. The molecule has 2 fully saturated rings. The van der Waals surface area contributed by atoms with Crippen molar-refractivity contribution in [3.63, 3.8) is 0 Å². The zero-order chi connectivity index (χ0) is 26.0. The number of nitrogens with one attached hydrogen (secondary N) is 2. The van der Waals surface area contributed by atoms with Gasteiger partial charge in [-0.3, -0.25) is 0 Å². The van der Waals surface area contributed by atoms with Crippen molar-refractivity contribution in [2.24, 2.45) is 0 Å². The molecule has 0 bridgehead atoms. The number of anilines is 1. The van der Waals surface area contributed by atoms with Crippen LogP contribution in [0.15, 0.2) is 40.9 Å². The van der Waals surface area contributed by atoms with Crippen molar-refractivity contribution in [1.29, 1.82) is 0 Å². The summed E-state index contributed by atoms with van der Waals surface area (Å²) in [4.78, 5) is 37.8. The number of amides is 1. The van der Waals surface area contributed by atoms with E-state index in [1.54, 1.807) is 25.7 Å². The minimum Gasteiger partial charge on any atom is -0.444 e. The van der Waals surface area contributed by atoms with E-state index in [-0.39, 0.29) is 16.5 Å². The number of cyclic esters (lactones) is 2. The van der Waals surface area contributed by atoms with Gasteiger partial charge >= 0.3 is 18.0 Å². The highest BCUT2D eigenvalue weighted by molar-refractivity contribution is 7.89. The van der Waals surface area contributed by atoms with E-state index < -0.39 is 39.4 Å². The SMILES string of the molecule is CC(C)(C)OC(=O)N1CCC(NS(=O)(=O)c2ccc(NC=C3C(=O)OC(C)(C)OC3=O)cc2)CC1. The number of likely N-dealkylation sites (tertiary alicyclic amines) is 1. The van der Waals surface area contributed by atoms with E-state index in [0.29, 0.717) is 31.6 Å². The molecule has 2 saturated heterocycles. The van der Waals surface area contributed by atoms with Crippen LogP contribution in [-0.2, 0) is 33.8 Å². The molecular weight excluding hydrogens is 478 g/mol. The second-order valence-corrected chi connectivity index (χ2v) is 11.5. The van der Waals surface area contributed by atoms with Crippen LogP contribution in [0.4, 0.5) is 10.5 Å². The molecule has 35 heavy (non-hydrogen) atoms. The van der Waals surface area contributed by atoms with E-state index in [0.717, 1.165) is 6.20 Å². The summed E-state index contributed by atoms with van der Waals surface area (Å²) in [5.41, 5.74) is -0.444. The van der Waals surface area contributed by atoms with Crippen molar-refractivity contribution in [2.45, 2.75) is 69.8 Å². The summed E-state index contributed by atoms with van der Waals surface area (Å²) >= 11 is 0. The topological polar surface area (TPSA) is 140 Å². The third-order valence-corrected chi connectivity index (χ3v) is 6.67. The van der Waals surface area contributed by atoms with Gasteiger partial charge in [-0.15, -0.1) is 0 Å². The van der Waals surface area contributed by atoms with Gasteiger partial charge in [0.05, 0.1) is 4.90 Å². The van der Waals surface area contributed by atoms with Gasteiger partial charge in [-0.05, 0) is 57.9 Å². The van der Waals surface area contributed by atoms with Crippen LogP contribution in [0.2, 0.25) is 0 Å². The molecule has 12 heteroatoms. The average Bonchev–Trinajstić information content (AvgIpc) is 2.71. The average molecular weight is 510 g/mol. The third-order valence-electron chi connectivity index (χ3n) is 5.13. The minimum absolute atomic E-state index is 0.0588. The lowest BCUT2D eigenvalue weighted by atomic mass is 10.1. The van der Waals surface area contributed by atoms with Crippen molar-refractivity contribution in [3.05, 3.63) is 36.0 Å². The van der Waals surface area contributed by atoms with Crippen LogP contribution in [0.25, 0.3) is 0 Å². The fourth-order valence-corrected chi connectivity index (χ4v) is 4.76. The predicted molar refractivity (Wildman–Crippen MR) is 126 cm³/mol. The number of piperidine rings is 1. The first kappa shape index (κ1) is 26.5. The molecule has 0 aromatic heterocycles. The van der Waals surface area contributed by atoms with Gasteiger partial charge < -0.3 is 24.4 Å². The fraction of sp³-hybridized carbons (Fsp3) is 0.522. The molecule has 0 radical (unpaired) electrons. The van der Waals surface area contributed by atoms with Crippen LogP contribution in [0.1, 0.15) is 47.5 Å². The van der Waals surface area contributed by atoms with Crippen LogP contribution < -0.4 is 10.0 Å². The molecular formula is C23H31N3O8S. The normalized spacial score (nSPS) is 19.0. The number of benzene rings is 1. The first-order valence-electron chi connectivity index (χ1n) is 11.2. The number of carbonyl (C=O) groups is 3. The van der Waals surface area contributed by atoms with E-state index in [1.165, 1.54) is 38.1 Å². The molecule has 192 valence electrons. The first-order chi connectivity index (χ1) is 16.2. The van der Waals surface area contributed by atoms with Crippen molar-refractivity contribution >= 4 is 33.7 Å². The molecule has 0 atom stereocenters. The molecule has 2 heterocycles. The lowest BCUT2D eigenvalue weighted by Crippen LogP contribution is -2.47. The maximum Gasteiger partial charge on any atom is 0.410 e. The Bertz CT molecular complexity index is 1090. The smallest absolute Gasteiger partial charge is 0.410 e. The van der Waals surface area contributed by atoms with Gasteiger partial charge in [-0.1, -0.05) is 0 Å². The highest BCUT2D eigenvalue weighted by Gasteiger charge is 2.39. The monoisotopic (exact) mass is 509 g/mol. The van der Waals surface area contributed by atoms with Crippen molar-refractivity contribution in [2.75, 3.05) is 18.4 Å². The van der Waals surface area contributed by atoms with E-state index in [2.05, 4.69) is 10.0 Å². The van der Waals surface area contributed by atoms with Gasteiger partial charge in [-0.2, -0.15) is 0 Å². The Morgan fingerprint density at radius 2 is 1.63 bits per heavy atom. The summed E-state index contributed by atoms with van der Waals surface area (Å²) in [5, 5.41) is 2.77. The highest BCUT2D eigenvalue weighted by Crippen LogP contribution is 2.23. The molecule has 0 saturated carbocycles. The van der Waals surface area contributed by atoms with Gasteiger partial charge in [0.1, 0.15) is 5.60 Å². The summed E-state index contributed by atoms with van der Waals surface area (Å²) in [6.45, 7) is 9.06. The van der Waals surface area contributed by atoms with Gasteiger partial charge in [-0.25, -0.2) is 27.5 Å². The lowest BCUT2D eigenvalue weighted by Gasteiger charge is -2.33. The van der Waals surface area contributed by atoms with Crippen LogP contribution >= 0.6 is 0 Å². The zero-order valence-electron chi connectivity index (χ0n) is 20.4. The molecule has 0 aliphatic carbocycles. The number of carbonyl (C=O) groups excluding carboxylic acids is 3. The summed E-state index contributed by atoms with van der Waals surface area (Å²) in [6, 6.07) is 5.49. The molecule has 2 N–H and O–H groups in total.